The number of thiazole rings is 1. The Morgan fingerprint density at radius 1 is 1.71 bits per heavy atom. The summed E-state index contributed by atoms with van der Waals surface area (Å²) in [6.45, 7) is 1.80. The Hall–Kier alpha value is -0.960. The highest BCUT2D eigenvalue weighted by molar-refractivity contribution is 14.1. The summed E-state index contributed by atoms with van der Waals surface area (Å²) in [5.74, 6) is -1.51. The number of hydrogen-bond acceptors (Lipinski definition) is 4. The predicted octanol–water partition coefficient (Wildman–Crippen LogP) is 1.90. The molecule has 7 heteroatoms. The van der Waals surface area contributed by atoms with E-state index in [0.29, 0.717) is 0 Å². The number of allylic oxidation sites excluding steroid dienone is 1. The minimum absolute atomic E-state index is 0.256. The van der Waals surface area contributed by atoms with Crippen LogP contribution in [0, 0.1) is 3.01 Å². The normalized spacial score (nSPS) is 12.6. The average Bonchev–Trinajstić information content (AvgIpc) is 2.70. The highest BCUT2D eigenvalue weighted by atomic mass is 127. The topological polar surface area (TPSA) is 79.3 Å². The van der Waals surface area contributed by atoms with Gasteiger partial charge in [-0.1, -0.05) is 12.2 Å². The summed E-state index contributed by atoms with van der Waals surface area (Å²) in [7, 11) is 0. The fourth-order valence-electron chi connectivity index (χ4n) is 1.08. The number of amides is 1. The van der Waals surface area contributed by atoms with E-state index in [1.54, 1.807) is 24.5 Å². The molecular formula is C10H11IN2O3S. The summed E-state index contributed by atoms with van der Waals surface area (Å²) in [6.07, 6.45) is 3.70. The van der Waals surface area contributed by atoms with Crippen molar-refractivity contribution in [1.29, 1.82) is 0 Å². The molecule has 2 N–H and O–H groups in total. The quantitative estimate of drug-likeness (QED) is 0.616. The molecule has 0 aliphatic heterocycles. The molecule has 1 unspecified atom stereocenters. The van der Waals surface area contributed by atoms with Crippen molar-refractivity contribution in [2.45, 2.75) is 19.4 Å². The van der Waals surface area contributed by atoms with Crippen LogP contribution in [0.15, 0.2) is 17.5 Å². The Bertz CT molecular complexity index is 445. The van der Waals surface area contributed by atoms with Crippen molar-refractivity contribution in [2.24, 2.45) is 0 Å². The molecule has 0 aromatic carbocycles. The number of carboxylic acids is 1. The molecule has 0 fully saturated rings. The van der Waals surface area contributed by atoms with E-state index in [1.165, 1.54) is 11.3 Å². The molecular weight excluding hydrogens is 355 g/mol. The molecule has 0 bridgehead atoms. The molecule has 1 atom stereocenters. The fourth-order valence-corrected chi connectivity index (χ4v) is 2.24. The first-order valence-electron chi connectivity index (χ1n) is 4.80. The van der Waals surface area contributed by atoms with Crippen LogP contribution in [0.5, 0.6) is 0 Å². The summed E-state index contributed by atoms with van der Waals surface area (Å²) in [6, 6.07) is -0.918. The Balaban J connectivity index is 2.67. The number of carbonyl (C=O) groups is 2. The van der Waals surface area contributed by atoms with Gasteiger partial charge in [-0.25, -0.2) is 9.78 Å². The second-order valence-corrected chi connectivity index (χ2v) is 5.77. The summed E-state index contributed by atoms with van der Waals surface area (Å²) >= 11 is 3.34. The van der Waals surface area contributed by atoms with Crippen LogP contribution in [0.4, 0.5) is 0 Å². The molecule has 1 amide bonds. The van der Waals surface area contributed by atoms with Crippen molar-refractivity contribution in [3.8, 4) is 0 Å². The zero-order chi connectivity index (χ0) is 12.8. The smallest absolute Gasteiger partial charge is 0.326 e. The minimum Gasteiger partial charge on any atom is -0.480 e. The van der Waals surface area contributed by atoms with Gasteiger partial charge in [0, 0.05) is 5.38 Å². The van der Waals surface area contributed by atoms with Gasteiger partial charge in [-0.3, -0.25) is 4.79 Å². The van der Waals surface area contributed by atoms with Crippen LogP contribution >= 0.6 is 33.9 Å². The molecule has 17 heavy (non-hydrogen) atoms. The Labute approximate surface area is 116 Å². The SMILES string of the molecule is C/C=C/CC(NC(=O)c1csc(I)n1)C(=O)O. The lowest BCUT2D eigenvalue weighted by Gasteiger charge is -2.11. The molecule has 1 aromatic rings. The monoisotopic (exact) mass is 366 g/mol. The maximum absolute atomic E-state index is 11.7. The standard InChI is InChI=1S/C10H11IN2O3S/c1-2-3-4-6(9(15)16)12-8(14)7-5-17-10(11)13-7/h2-3,5-6H,4H2,1H3,(H,12,14)(H,15,16)/b3-2+. The molecule has 0 aliphatic rings. The van der Waals surface area contributed by atoms with Gasteiger partial charge in [-0.05, 0) is 35.9 Å². The molecule has 0 saturated heterocycles. The van der Waals surface area contributed by atoms with Gasteiger partial charge in [0.1, 0.15) is 11.7 Å². The van der Waals surface area contributed by atoms with Gasteiger partial charge in [0.15, 0.2) is 3.01 Å². The Morgan fingerprint density at radius 3 is 2.88 bits per heavy atom. The van der Waals surface area contributed by atoms with Crippen molar-refractivity contribution in [1.82, 2.24) is 10.3 Å². The minimum atomic E-state index is -1.05. The molecule has 5 nitrogen and oxygen atoms in total. The number of carbonyl (C=O) groups excluding carboxylic acids is 1. The van der Waals surface area contributed by atoms with Gasteiger partial charge in [-0.15, -0.1) is 11.3 Å². The van der Waals surface area contributed by atoms with E-state index < -0.39 is 17.9 Å². The van der Waals surface area contributed by atoms with E-state index in [9.17, 15) is 9.59 Å². The van der Waals surface area contributed by atoms with E-state index >= 15 is 0 Å². The van der Waals surface area contributed by atoms with Gasteiger partial charge < -0.3 is 10.4 Å². The van der Waals surface area contributed by atoms with E-state index in [0.717, 1.165) is 3.01 Å². The van der Waals surface area contributed by atoms with Gasteiger partial charge in [0.25, 0.3) is 5.91 Å². The van der Waals surface area contributed by atoms with Gasteiger partial charge in [0.05, 0.1) is 0 Å². The number of aliphatic carboxylic acids is 1. The average molecular weight is 366 g/mol. The van der Waals surface area contributed by atoms with E-state index in [1.807, 2.05) is 22.6 Å². The lowest BCUT2D eigenvalue weighted by atomic mass is 10.2. The molecule has 0 radical (unpaired) electrons. The third kappa shape index (κ3) is 4.43. The molecule has 92 valence electrons. The zero-order valence-electron chi connectivity index (χ0n) is 9.01. The van der Waals surface area contributed by atoms with E-state index in [2.05, 4.69) is 10.3 Å². The number of nitrogens with one attached hydrogen (secondary N) is 1. The predicted molar refractivity (Wildman–Crippen MR) is 73.2 cm³/mol. The van der Waals surface area contributed by atoms with Crippen molar-refractivity contribution in [3.05, 3.63) is 26.2 Å². The third-order valence-electron chi connectivity index (χ3n) is 1.92. The summed E-state index contributed by atoms with van der Waals surface area (Å²) in [5.41, 5.74) is 0.256. The Morgan fingerprint density at radius 2 is 2.41 bits per heavy atom. The van der Waals surface area contributed by atoms with Crippen LogP contribution in [-0.4, -0.2) is 28.0 Å². The molecule has 0 spiro atoms. The second kappa shape index (κ2) is 6.70. The first kappa shape index (κ1) is 14.1. The number of halogens is 1. The second-order valence-electron chi connectivity index (χ2n) is 3.15. The molecule has 1 aromatic heterocycles. The number of carboxylic acid groups (broad SMARTS) is 1. The third-order valence-corrected chi connectivity index (χ3v) is 3.55. The van der Waals surface area contributed by atoms with Crippen LogP contribution in [0.1, 0.15) is 23.8 Å². The fraction of sp³-hybridized carbons (Fsp3) is 0.300. The van der Waals surface area contributed by atoms with Crippen LogP contribution in [0.25, 0.3) is 0 Å². The molecule has 1 heterocycles. The first-order chi connectivity index (χ1) is 8.04. The van der Waals surface area contributed by atoms with Crippen molar-refractivity contribution in [2.75, 3.05) is 0 Å². The summed E-state index contributed by atoms with van der Waals surface area (Å²) in [5, 5.41) is 13.0. The maximum Gasteiger partial charge on any atom is 0.326 e. The zero-order valence-corrected chi connectivity index (χ0v) is 12.0. The van der Waals surface area contributed by atoms with E-state index in [-0.39, 0.29) is 12.1 Å². The van der Waals surface area contributed by atoms with Crippen LogP contribution in [0.2, 0.25) is 0 Å². The maximum atomic E-state index is 11.7. The Kier molecular flexibility index (Phi) is 5.56. The number of nitrogens with zero attached hydrogens (tertiary/aromatic N) is 1. The number of aromatic nitrogens is 1. The summed E-state index contributed by atoms with van der Waals surface area (Å²) < 4.78 is 0.744. The van der Waals surface area contributed by atoms with Crippen molar-refractivity contribution >= 4 is 45.8 Å². The van der Waals surface area contributed by atoms with Crippen molar-refractivity contribution in [3.63, 3.8) is 0 Å². The number of hydrogen-bond donors (Lipinski definition) is 2. The first-order valence-corrected chi connectivity index (χ1v) is 6.76. The molecule has 1 rings (SSSR count). The summed E-state index contributed by atoms with van der Waals surface area (Å²) in [4.78, 5) is 26.6. The van der Waals surface area contributed by atoms with Gasteiger partial charge in [-0.2, -0.15) is 0 Å². The van der Waals surface area contributed by atoms with Gasteiger partial charge in [0.2, 0.25) is 0 Å². The van der Waals surface area contributed by atoms with Gasteiger partial charge >= 0.3 is 5.97 Å². The van der Waals surface area contributed by atoms with Crippen LogP contribution in [0.3, 0.4) is 0 Å². The highest BCUT2D eigenvalue weighted by Gasteiger charge is 2.20. The lowest BCUT2D eigenvalue weighted by Crippen LogP contribution is -2.40. The lowest BCUT2D eigenvalue weighted by molar-refractivity contribution is -0.139. The van der Waals surface area contributed by atoms with Crippen LogP contribution < -0.4 is 5.32 Å². The number of rotatable bonds is 5. The molecule has 0 aliphatic carbocycles. The molecule has 0 saturated carbocycles. The van der Waals surface area contributed by atoms with Crippen LogP contribution in [-0.2, 0) is 4.79 Å². The van der Waals surface area contributed by atoms with Crippen molar-refractivity contribution < 1.29 is 14.7 Å². The van der Waals surface area contributed by atoms with E-state index in [4.69, 9.17) is 5.11 Å². The largest absolute Gasteiger partial charge is 0.480 e. The highest BCUT2D eigenvalue weighted by Crippen LogP contribution is 2.12.